The molecule has 2 heteroatoms. The Morgan fingerprint density at radius 1 is 1.40 bits per heavy atom. The maximum Gasteiger partial charge on any atom is 0.118 e. The van der Waals surface area contributed by atoms with Gasteiger partial charge in [-0.1, -0.05) is 6.92 Å². The van der Waals surface area contributed by atoms with Gasteiger partial charge in [-0.15, -0.1) is 0 Å². The SMILES string of the molecule is Cc1cc2c(cc1O)C(C)CC(C)(C)N2. The number of hydrogen-bond acceptors (Lipinski definition) is 2. The van der Waals surface area contributed by atoms with Crippen LogP contribution in [0.2, 0.25) is 0 Å². The van der Waals surface area contributed by atoms with E-state index in [0.717, 1.165) is 12.0 Å². The van der Waals surface area contributed by atoms with Crippen LogP contribution in [0.25, 0.3) is 0 Å². The summed E-state index contributed by atoms with van der Waals surface area (Å²) in [5.74, 6) is 0.907. The summed E-state index contributed by atoms with van der Waals surface area (Å²) in [7, 11) is 0. The summed E-state index contributed by atoms with van der Waals surface area (Å²) in [6.45, 7) is 8.59. The van der Waals surface area contributed by atoms with Gasteiger partial charge in [0.15, 0.2) is 0 Å². The Kier molecular flexibility index (Phi) is 2.18. The molecule has 0 bridgehead atoms. The second-order valence-electron chi connectivity index (χ2n) is 5.34. The van der Waals surface area contributed by atoms with Crippen LogP contribution in [-0.2, 0) is 0 Å². The minimum Gasteiger partial charge on any atom is -0.508 e. The highest BCUT2D eigenvalue weighted by atomic mass is 16.3. The molecule has 15 heavy (non-hydrogen) atoms. The van der Waals surface area contributed by atoms with Crippen LogP contribution in [-0.4, -0.2) is 10.6 Å². The molecule has 2 N–H and O–H groups in total. The zero-order valence-corrected chi connectivity index (χ0v) is 9.89. The summed E-state index contributed by atoms with van der Waals surface area (Å²) >= 11 is 0. The second kappa shape index (κ2) is 3.16. The Morgan fingerprint density at radius 2 is 2.07 bits per heavy atom. The number of rotatable bonds is 0. The number of benzene rings is 1. The summed E-state index contributed by atoms with van der Waals surface area (Å²) < 4.78 is 0. The fourth-order valence-electron chi connectivity index (χ4n) is 2.52. The zero-order valence-electron chi connectivity index (χ0n) is 9.89. The van der Waals surface area contributed by atoms with Gasteiger partial charge in [0, 0.05) is 11.2 Å². The molecule has 0 saturated heterocycles. The summed E-state index contributed by atoms with van der Waals surface area (Å²) in [6.07, 6.45) is 1.10. The predicted molar refractivity (Wildman–Crippen MR) is 63.6 cm³/mol. The molecular weight excluding hydrogens is 186 g/mol. The second-order valence-corrected chi connectivity index (χ2v) is 5.34. The number of aromatic hydroxyl groups is 1. The number of nitrogens with one attached hydrogen (secondary N) is 1. The zero-order chi connectivity index (χ0) is 11.2. The number of aryl methyl sites for hydroxylation is 1. The van der Waals surface area contributed by atoms with E-state index in [-0.39, 0.29) is 5.54 Å². The number of anilines is 1. The molecule has 2 nitrogen and oxygen atoms in total. The van der Waals surface area contributed by atoms with Crippen molar-refractivity contribution in [3.63, 3.8) is 0 Å². The number of hydrogen-bond donors (Lipinski definition) is 2. The van der Waals surface area contributed by atoms with Gasteiger partial charge in [0.25, 0.3) is 0 Å². The van der Waals surface area contributed by atoms with E-state index in [4.69, 9.17) is 0 Å². The number of phenols is 1. The Balaban J connectivity index is 2.51. The molecule has 0 aliphatic carbocycles. The van der Waals surface area contributed by atoms with E-state index < -0.39 is 0 Å². The smallest absolute Gasteiger partial charge is 0.118 e. The summed E-state index contributed by atoms with van der Waals surface area (Å²) in [5.41, 5.74) is 3.49. The lowest BCUT2D eigenvalue weighted by Gasteiger charge is -2.37. The van der Waals surface area contributed by atoms with Crippen molar-refractivity contribution in [3.05, 3.63) is 23.3 Å². The molecule has 1 atom stereocenters. The van der Waals surface area contributed by atoms with E-state index in [0.29, 0.717) is 11.7 Å². The molecule has 82 valence electrons. The third kappa shape index (κ3) is 1.81. The number of phenolic OH excluding ortho intramolecular Hbond substituents is 1. The standard InChI is InChI=1S/C13H19NO/c1-8-5-11-10(6-12(8)15)9(2)7-13(3,4)14-11/h5-6,9,14-15H,7H2,1-4H3. The maximum absolute atomic E-state index is 9.70. The van der Waals surface area contributed by atoms with Gasteiger partial charge in [0.05, 0.1) is 0 Å². The molecule has 0 spiro atoms. The molecule has 0 fully saturated rings. The lowest BCUT2D eigenvalue weighted by Crippen LogP contribution is -2.36. The summed E-state index contributed by atoms with van der Waals surface area (Å²) in [6, 6.07) is 3.94. The highest BCUT2D eigenvalue weighted by Crippen LogP contribution is 2.40. The third-order valence-electron chi connectivity index (χ3n) is 3.19. The normalized spacial score (nSPS) is 23.1. The van der Waals surface area contributed by atoms with Crippen LogP contribution < -0.4 is 5.32 Å². The van der Waals surface area contributed by atoms with Crippen molar-refractivity contribution in [2.45, 2.75) is 45.6 Å². The quantitative estimate of drug-likeness (QED) is 0.636. The average molecular weight is 205 g/mol. The van der Waals surface area contributed by atoms with Gasteiger partial charge in [0.2, 0.25) is 0 Å². The predicted octanol–water partition coefficient (Wildman–Crippen LogP) is 3.40. The molecule has 1 unspecified atom stereocenters. The van der Waals surface area contributed by atoms with Gasteiger partial charge in [-0.05, 0) is 56.4 Å². The van der Waals surface area contributed by atoms with Crippen LogP contribution in [0.15, 0.2) is 12.1 Å². The molecule has 0 radical (unpaired) electrons. The molecule has 1 heterocycles. The van der Waals surface area contributed by atoms with Gasteiger partial charge in [-0.25, -0.2) is 0 Å². The van der Waals surface area contributed by atoms with Crippen molar-refractivity contribution in [3.8, 4) is 5.75 Å². The third-order valence-corrected chi connectivity index (χ3v) is 3.19. The minimum atomic E-state index is 0.149. The van der Waals surface area contributed by atoms with E-state index in [2.05, 4.69) is 26.1 Å². The lowest BCUT2D eigenvalue weighted by molar-refractivity contribution is 0.444. The van der Waals surface area contributed by atoms with Crippen molar-refractivity contribution in [1.29, 1.82) is 0 Å². The Labute approximate surface area is 91.3 Å². The van der Waals surface area contributed by atoms with Crippen LogP contribution in [0.1, 0.15) is 44.2 Å². The highest BCUT2D eigenvalue weighted by molar-refractivity contribution is 5.61. The van der Waals surface area contributed by atoms with E-state index in [1.54, 1.807) is 0 Å². The molecule has 0 aromatic heterocycles. The Hall–Kier alpha value is -1.18. The van der Waals surface area contributed by atoms with Crippen LogP contribution in [0.4, 0.5) is 5.69 Å². The van der Waals surface area contributed by atoms with Crippen LogP contribution in [0, 0.1) is 6.92 Å². The lowest BCUT2D eigenvalue weighted by atomic mass is 9.81. The van der Waals surface area contributed by atoms with Crippen molar-refractivity contribution in [1.82, 2.24) is 0 Å². The van der Waals surface area contributed by atoms with Gasteiger partial charge in [-0.3, -0.25) is 0 Å². The molecule has 1 aliphatic heterocycles. The van der Waals surface area contributed by atoms with Crippen LogP contribution >= 0.6 is 0 Å². The topological polar surface area (TPSA) is 32.3 Å². The van der Waals surface area contributed by atoms with Gasteiger partial charge >= 0.3 is 0 Å². The van der Waals surface area contributed by atoms with E-state index >= 15 is 0 Å². The van der Waals surface area contributed by atoms with Crippen molar-refractivity contribution in [2.75, 3.05) is 5.32 Å². The maximum atomic E-state index is 9.70. The van der Waals surface area contributed by atoms with Crippen LogP contribution in [0.5, 0.6) is 5.75 Å². The summed E-state index contributed by atoms with van der Waals surface area (Å²) in [5, 5.41) is 13.2. The largest absolute Gasteiger partial charge is 0.508 e. The molecule has 0 amide bonds. The minimum absolute atomic E-state index is 0.149. The van der Waals surface area contributed by atoms with E-state index in [1.165, 1.54) is 11.3 Å². The highest BCUT2D eigenvalue weighted by Gasteiger charge is 2.29. The number of fused-ring (bicyclic) bond motifs is 1. The molecular formula is C13H19NO. The van der Waals surface area contributed by atoms with Crippen molar-refractivity contribution >= 4 is 5.69 Å². The van der Waals surface area contributed by atoms with Crippen molar-refractivity contribution in [2.24, 2.45) is 0 Å². The first-order chi connectivity index (χ1) is 6.89. The molecule has 2 rings (SSSR count). The monoisotopic (exact) mass is 205 g/mol. The summed E-state index contributed by atoms with van der Waals surface area (Å²) in [4.78, 5) is 0. The van der Waals surface area contributed by atoms with E-state index in [9.17, 15) is 5.11 Å². The first-order valence-electron chi connectivity index (χ1n) is 5.51. The van der Waals surface area contributed by atoms with Crippen molar-refractivity contribution < 1.29 is 5.11 Å². The molecule has 1 aromatic rings. The Morgan fingerprint density at radius 3 is 2.73 bits per heavy atom. The Bertz CT molecular complexity index is 396. The molecule has 1 aliphatic rings. The molecule has 1 aromatic carbocycles. The average Bonchev–Trinajstić information content (AvgIpc) is 2.07. The van der Waals surface area contributed by atoms with Gasteiger partial charge in [0.1, 0.15) is 5.75 Å². The van der Waals surface area contributed by atoms with Crippen LogP contribution in [0.3, 0.4) is 0 Å². The molecule has 0 saturated carbocycles. The fourth-order valence-corrected chi connectivity index (χ4v) is 2.52. The van der Waals surface area contributed by atoms with E-state index in [1.807, 2.05) is 19.1 Å². The fraction of sp³-hybridized carbons (Fsp3) is 0.538. The first kappa shape index (κ1) is 10.3. The first-order valence-corrected chi connectivity index (χ1v) is 5.51. The van der Waals surface area contributed by atoms with Gasteiger partial charge < -0.3 is 10.4 Å². The van der Waals surface area contributed by atoms with Gasteiger partial charge in [-0.2, -0.15) is 0 Å².